The van der Waals surface area contributed by atoms with E-state index >= 15 is 0 Å². The van der Waals surface area contributed by atoms with E-state index in [-0.39, 0.29) is 36.0 Å². The maximum Gasteiger partial charge on any atom is 0.410 e. The van der Waals surface area contributed by atoms with Crippen molar-refractivity contribution in [1.82, 2.24) is 20.4 Å². The van der Waals surface area contributed by atoms with Gasteiger partial charge in [0.05, 0.1) is 6.04 Å². The zero-order valence-corrected chi connectivity index (χ0v) is 20.8. The largest absolute Gasteiger partial charge is 0.444 e. The number of halogens is 1. The van der Waals surface area contributed by atoms with E-state index in [1.54, 1.807) is 4.90 Å². The summed E-state index contributed by atoms with van der Waals surface area (Å²) in [5.74, 6) is 0.451. The Hall–Kier alpha value is -1.41. The van der Waals surface area contributed by atoms with Gasteiger partial charge in [-0.3, -0.25) is 9.69 Å². The number of hydrogen-bond acceptors (Lipinski definition) is 5. The highest BCUT2D eigenvalue weighted by atomic mass is 19.1. The van der Waals surface area contributed by atoms with Gasteiger partial charge >= 0.3 is 6.09 Å². The zero-order chi connectivity index (χ0) is 23.8. The van der Waals surface area contributed by atoms with Gasteiger partial charge in [0.2, 0.25) is 5.91 Å². The van der Waals surface area contributed by atoms with Crippen LogP contribution in [0.4, 0.5) is 9.18 Å². The van der Waals surface area contributed by atoms with Gasteiger partial charge in [-0.05, 0) is 71.6 Å². The van der Waals surface area contributed by atoms with Crippen LogP contribution in [0.1, 0.15) is 72.6 Å². The normalized spacial score (nSPS) is 38.0. The third kappa shape index (κ3) is 5.99. The van der Waals surface area contributed by atoms with Gasteiger partial charge in [0.25, 0.3) is 0 Å². The molecule has 0 radical (unpaired) electrons. The van der Waals surface area contributed by atoms with Crippen LogP contribution in [0.15, 0.2) is 0 Å². The summed E-state index contributed by atoms with van der Waals surface area (Å²) in [6.07, 6.45) is 5.30. The molecule has 8 heteroatoms. The lowest BCUT2D eigenvalue weighted by Gasteiger charge is -2.42. The number of alkyl halides is 1. The molecule has 2 saturated heterocycles. The van der Waals surface area contributed by atoms with Crippen LogP contribution in [0.25, 0.3) is 0 Å². The molecule has 188 valence electrons. The standard InChI is InChI=1S/C25H43FN4O3/c1-16-8-9-20(26)19-15-21(28-22(16)19)23(31)27-17-6-5-7-18(14-17)29-10-12-30(13-11-29)24(32)33-25(2,3)4/h16-22,28H,5-15H2,1-4H3,(H,27,31). The first-order valence-electron chi connectivity index (χ1n) is 13.0. The van der Waals surface area contributed by atoms with Crippen LogP contribution in [0.2, 0.25) is 0 Å². The average molecular weight is 467 g/mol. The molecule has 2 amide bonds. The summed E-state index contributed by atoms with van der Waals surface area (Å²) in [6.45, 7) is 10.9. The molecule has 0 bridgehead atoms. The minimum Gasteiger partial charge on any atom is -0.444 e. The van der Waals surface area contributed by atoms with Crippen LogP contribution in [-0.4, -0.2) is 83.9 Å². The summed E-state index contributed by atoms with van der Waals surface area (Å²) in [7, 11) is 0. The molecule has 2 heterocycles. The van der Waals surface area contributed by atoms with Crippen molar-refractivity contribution in [2.45, 2.75) is 109 Å². The first-order valence-corrected chi connectivity index (χ1v) is 13.0. The van der Waals surface area contributed by atoms with Crippen molar-refractivity contribution in [2.75, 3.05) is 26.2 Å². The minimum absolute atomic E-state index is 0.0233. The average Bonchev–Trinajstić information content (AvgIpc) is 3.23. The number of amides is 2. The first kappa shape index (κ1) is 24.7. The lowest BCUT2D eigenvalue weighted by Crippen LogP contribution is -2.55. The van der Waals surface area contributed by atoms with E-state index in [9.17, 15) is 14.0 Å². The van der Waals surface area contributed by atoms with Crippen LogP contribution in [0.3, 0.4) is 0 Å². The maximum absolute atomic E-state index is 14.4. The fraction of sp³-hybridized carbons (Fsp3) is 0.920. The monoisotopic (exact) mass is 466 g/mol. The number of nitrogens with one attached hydrogen (secondary N) is 2. The lowest BCUT2D eigenvalue weighted by atomic mass is 9.77. The fourth-order valence-electron chi connectivity index (χ4n) is 6.32. The number of ether oxygens (including phenoxy) is 1. The number of fused-ring (bicyclic) bond motifs is 1. The molecule has 0 aromatic heterocycles. The quantitative estimate of drug-likeness (QED) is 0.669. The molecule has 2 N–H and O–H groups in total. The van der Waals surface area contributed by atoms with Gasteiger partial charge in [-0.15, -0.1) is 0 Å². The smallest absolute Gasteiger partial charge is 0.410 e. The lowest BCUT2D eigenvalue weighted by molar-refractivity contribution is -0.124. The molecule has 2 aliphatic carbocycles. The summed E-state index contributed by atoms with van der Waals surface area (Å²) in [5.41, 5.74) is -0.474. The predicted molar refractivity (Wildman–Crippen MR) is 126 cm³/mol. The molecule has 0 aromatic rings. The molecule has 2 saturated carbocycles. The molecule has 33 heavy (non-hydrogen) atoms. The second-order valence-corrected chi connectivity index (χ2v) is 11.7. The number of piperazine rings is 1. The Labute approximate surface area is 198 Å². The highest BCUT2D eigenvalue weighted by Gasteiger charge is 2.46. The van der Waals surface area contributed by atoms with Gasteiger partial charge in [-0.2, -0.15) is 0 Å². The van der Waals surface area contributed by atoms with E-state index in [4.69, 9.17) is 4.74 Å². The molecule has 2 aliphatic heterocycles. The Balaban J connectivity index is 1.24. The molecule has 0 spiro atoms. The molecule has 4 aliphatic rings. The number of nitrogens with zero attached hydrogens (tertiary/aromatic N) is 2. The predicted octanol–water partition coefficient (Wildman–Crippen LogP) is 3.08. The second kappa shape index (κ2) is 10.1. The van der Waals surface area contributed by atoms with E-state index in [0.29, 0.717) is 37.9 Å². The molecule has 7 nitrogen and oxygen atoms in total. The van der Waals surface area contributed by atoms with Crippen LogP contribution >= 0.6 is 0 Å². The molecule has 4 fully saturated rings. The number of rotatable bonds is 3. The van der Waals surface area contributed by atoms with Gasteiger partial charge in [-0.25, -0.2) is 9.18 Å². The Morgan fingerprint density at radius 3 is 2.42 bits per heavy atom. The van der Waals surface area contributed by atoms with E-state index in [1.165, 1.54) is 0 Å². The summed E-state index contributed by atoms with van der Waals surface area (Å²) >= 11 is 0. The van der Waals surface area contributed by atoms with Crippen molar-refractivity contribution in [1.29, 1.82) is 0 Å². The van der Waals surface area contributed by atoms with Gasteiger partial charge in [-0.1, -0.05) is 6.92 Å². The summed E-state index contributed by atoms with van der Waals surface area (Å²) in [5, 5.41) is 6.74. The van der Waals surface area contributed by atoms with E-state index in [1.807, 2.05) is 20.8 Å². The van der Waals surface area contributed by atoms with Crippen LogP contribution in [-0.2, 0) is 9.53 Å². The third-order valence-corrected chi connectivity index (χ3v) is 8.13. The Morgan fingerprint density at radius 1 is 1.03 bits per heavy atom. The molecule has 7 unspecified atom stereocenters. The van der Waals surface area contributed by atoms with Crippen molar-refractivity contribution in [3.05, 3.63) is 0 Å². The van der Waals surface area contributed by atoms with Crippen molar-refractivity contribution in [3.8, 4) is 0 Å². The highest BCUT2D eigenvalue weighted by molar-refractivity contribution is 5.82. The molecular formula is C25H43FN4O3. The Kier molecular flexibility index (Phi) is 7.53. The Bertz CT molecular complexity index is 688. The summed E-state index contributed by atoms with van der Waals surface area (Å²) < 4.78 is 19.9. The first-order chi connectivity index (χ1) is 15.6. The van der Waals surface area contributed by atoms with Crippen LogP contribution in [0.5, 0.6) is 0 Å². The van der Waals surface area contributed by atoms with Crippen molar-refractivity contribution in [3.63, 3.8) is 0 Å². The number of carbonyl (C=O) groups is 2. The molecule has 7 atom stereocenters. The fourth-order valence-corrected chi connectivity index (χ4v) is 6.32. The van der Waals surface area contributed by atoms with Crippen molar-refractivity contribution >= 4 is 12.0 Å². The van der Waals surface area contributed by atoms with Gasteiger partial charge in [0.15, 0.2) is 0 Å². The molecule has 4 rings (SSSR count). The van der Waals surface area contributed by atoms with Crippen LogP contribution < -0.4 is 10.6 Å². The topological polar surface area (TPSA) is 73.9 Å². The number of carbonyl (C=O) groups excluding carboxylic acids is 2. The summed E-state index contributed by atoms with van der Waals surface area (Å²) in [6, 6.07) is 0.462. The number of hydrogen-bond donors (Lipinski definition) is 2. The van der Waals surface area contributed by atoms with Crippen molar-refractivity contribution < 1.29 is 18.7 Å². The minimum atomic E-state index is -0.782. The van der Waals surface area contributed by atoms with Gasteiger partial charge in [0, 0.05) is 50.2 Å². The second-order valence-electron chi connectivity index (χ2n) is 11.7. The van der Waals surface area contributed by atoms with E-state index < -0.39 is 11.8 Å². The Morgan fingerprint density at radius 2 is 1.76 bits per heavy atom. The van der Waals surface area contributed by atoms with Gasteiger partial charge in [0.1, 0.15) is 11.8 Å². The van der Waals surface area contributed by atoms with Crippen LogP contribution in [0, 0.1) is 11.8 Å². The molecule has 0 aromatic carbocycles. The SMILES string of the molecule is CC1CCC(F)C2CC(C(=O)NC3CCCC(N4CCN(C(=O)OC(C)(C)C)CC4)C3)NC12. The van der Waals surface area contributed by atoms with E-state index in [0.717, 1.165) is 45.2 Å². The van der Waals surface area contributed by atoms with Gasteiger partial charge < -0.3 is 20.3 Å². The van der Waals surface area contributed by atoms with E-state index in [2.05, 4.69) is 22.5 Å². The molecular weight excluding hydrogens is 423 g/mol. The van der Waals surface area contributed by atoms with Crippen molar-refractivity contribution in [2.24, 2.45) is 11.8 Å². The third-order valence-electron chi connectivity index (χ3n) is 8.13. The maximum atomic E-state index is 14.4. The highest BCUT2D eigenvalue weighted by Crippen LogP contribution is 2.38. The summed E-state index contributed by atoms with van der Waals surface area (Å²) in [4.78, 5) is 29.6. The zero-order valence-electron chi connectivity index (χ0n) is 20.8.